The van der Waals surface area contributed by atoms with Crippen molar-refractivity contribution < 1.29 is 5.11 Å². The minimum Gasteiger partial charge on any atom is -0.508 e. The van der Waals surface area contributed by atoms with Crippen molar-refractivity contribution in [2.45, 2.75) is 52.4 Å². The van der Waals surface area contributed by atoms with Gasteiger partial charge in [-0.05, 0) is 42.4 Å². The van der Waals surface area contributed by atoms with Gasteiger partial charge >= 0.3 is 0 Å². The Morgan fingerprint density at radius 3 is 2.25 bits per heavy atom. The summed E-state index contributed by atoms with van der Waals surface area (Å²) in [6.45, 7) is 6.79. The van der Waals surface area contributed by atoms with E-state index in [0.717, 1.165) is 5.92 Å². The summed E-state index contributed by atoms with van der Waals surface area (Å²) in [6, 6.07) is 7.74. The number of unbranched alkanes of at least 4 members (excludes halogenated alkanes) is 1. The molecule has 0 heterocycles. The number of rotatable bonds is 6. The maximum atomic E-state index is 9.30. The molecule has 1 N–H and O–H groups in total. The molecule has 0 aliphatic carbocycles. The van der Waals surface area contributed by atoms with Crippen LogP contribution in [0.3, 0.4) is 0 Å². The molecular formula is C15H24O. The third kappa shape index (κ3) is 4.26. The molecule has 1 atom stereocenters. The van der Waals surface area contributed by atoms with Crippen molar-refractivity contribution in [3.05, 3.63) is 29.8 Å². The second kappa shape index (κ2) is 6.57. The molecule has 0 amide bonds. The fourth-order valence-corrected chi connectivity index (χ4v) is 2.19. The van der Waals surface area contributed by atoms with E-state index in [1.165, 1.54) is 31.2 Å². The van der Waals surface area contributed by atoms with Crippen molar-refractivity contribution in [1.29, 1.82) is 0 Å². The summed E-state index contributed by atoms with van der Waals surface area (Å²) in [4.78, 5) is 0. The van der Waals surface area contributed by atoms with Crippen molar-refractivity contribution in [3.8, 4) is 5.75 Å². The van der Waals surface area contributed by atoms with Crippen LogP contribution in [0.15, 0.2) is 24.3 Å². The lowest BCUT2D eigenvalue weighted by molar-refractivity contribution is 0.459. The maximum absolute atomic E-state index is 9.30. The summed E-state index contributed by atoms with van der Waals surface area (Å²) in [5, 5.41) is 9.30. The van der Waals surface area contributed by atoms with E-state index < -0.39 is 0 Å². The van der Waals surface area contributed by atoms with Gasteiger partial charge in [-0.3, -0.25) is 0 Å². The molecule has 90 valence electrons. The molecular weight excluding hydrogens is 196 g/mol. The Kier molecular flexibility index (Phi) is 5.37. The van der Waals surface area contributed by atoms with Crippen molar-refractivity contribution in [3.63, 3.8) is 0 Å². The lowest BCUT2D eigenvalue weighted by atomic mass is 9.86. The predicted molar refractivity (Wildman–Crippen MR) is 69.8 cm³/mol. The summed E-state index contributed by atoms with van der Waals surface area (Å²) in [5.74, 6) is 1.75. The molecule has 1 heteroatoms. The van der Waals surface area contributed by atoms with Gasteiger partial charge in [0.25, 0.3) is 0 Å². The van der Waals surface area contributed by atoms with Gasteiger partial charge in [0.15, 0.2) is 0 Å². The topological polar surface area (TPSA) is 20.2 Å². The number of aromatic hydroxyl groups is 1. The Morgan fingerprint density at radius 1 is 1.12 bits per heavy atom. The van der Waals surface area contributed by atoms with Crippen LogP contribution < -0.4 is 0 Å². The van der Waals surface area contributed by atoms with Crippen molar-refractivity contribution >= 4 is 0 Å². The first-order valence-electron chi connectivity index (χ1n) is 6.42. The molecule has 0 aliphatic heterocycles. The molecule has 0 radical (unpaired) electrons. The first kappa shape index (κ1) is 13.1. The number of phenols is 1. The highest BCUT2D eigenvalue weighted by molar-refractivity contribution is 5.28. The van der Waals surface area contributed by atoms with E-state index in [9.17, 15) is 5.11 Å². The zero-order valence-electron chi connectivity index (χ0n) is 10.7. The summed E-state index contributed by atoms with van der Waals surface area (Å²) < 4.78 is 0. The van der Waals surface area contributed by atoms with Crippen molar-refractivity contribution in [2.75, 3.05) is 0 Å². The van der Waals surface area contributed by atoms with Gasteiger partial charge in [-0.1, -0.05) is 45.7 Å². The molecule has 0 aromatic heterocycles. The SMILES string of the molecule is CCCCC(CC(C)C)c1ccc(O)cc1. The van der Waals surface area contributed by atoms with Crippen LogP contribution in [0.25, 0.3) is 0 Å². The van der Waals surface area contributed by atoms with Gasteiger partial charge in [0.1, 0.15) is 5.75 Å². The Labute approximate surface area is 99.5 Å². The monoisotopic (exact) mass is 220 g/mol. The lowest BCUT2D eigenvalue weighted by Crippen LogP contribution is -2.03. The van der Waals surface area contributed by atoms with Crippen LogP contribution >= 0.6 is 0 Å². The number of benzene rings is 1. The summed E-state index contributed by atoms with van der Waals surface area (Å²) in [6.07, 6.45) is 5.05. The van der Waals surface area contributed by atoms with Crippen molar-refractivity contribution in [1.82, 2.24) is 0 Å². The van der Waals surface area contributed by atoms with E-state index in [2.05, 4.69) is 32.9 Å². The third-order valence-electron chi connectivity index (χ3n) is 3.03. The van der Waals surface area contributed by atoms with Crippen LogP contribution in [-0.4, -0.2) is 5.11 Å². The standard InChI is InChI=1S/C15H24O/c1-4-5-6-14(11-12(2)3)13-7-9-15(16)10-8-13/h7-10,12,14,16H,4-6,11H2,1-3H3. The summed E-state index contributed by atoms with van der Waals surface area (Å²) >= 11 is 0. The molecule has 1 aromatic rings. The van der Waals surface area contributed by atoms with Crippen LogP contribution in [0.1, 0.15) is 57.9 Å². The van der Waals surface area contributed by atoms with Gasteiger partial charge in [-0.2, -0.15) is 0 Å². The lowest BCUT2D eigenvalue weighted by Gasteiger charge is -2.19. The molecule has 1 rings (SSSR count). The van der Waals surface area contributed by atoms with E-state index in [1.807, 2.05) is 0 Å². The molecule has 16 heavy (non-hydrogen) atoms. The highest BCUT2D eigenvalue weighted by Gasteiger charge is 2.12. The summed E-state index contributed by atoms with van der Waals surface area (Å²) in [5.41, 5.74) is 1.37. The fraction of sp³-hybridized carbons (Fsp3) is 0.600. The van der Waals surface area contributed by atoms with Crippen LogP contribution in [0.4, 0.5) is 0 Å². The Balaban J connectivity index is 2.70. The molecule has 0 aliphatic rings. The molecule has 1 nitrogen and oxygen atoms in total. The first-order valence-corrected chi connectivity index (χ1v) is 6.42. The number of hydrogen-bond acceptors (Lipinski definition) is 1. The van der Waals surface area contributed by atoms with Gasteiger partial charge in [-0.25, -0.2) is 0 Å². The third-order valence-corrected chi connectivity index (χ3v) is 3.03. The predicted octanol–water partition coefficient (Wildman–Crippen LogP) is 4.71. The Bertz CT molecular complexity index is 287. The van der Waals surface area contributed by atoms with Gasteiger partial charge in [0, 0.05) is 0 Å². The highest BCUT2D eigenvalue weighted by Crippen LogP contribution is 2.29. The average molecular weight is 220 g/mol. The number of phenolic OH excluding ortho intramolecular Hbond substituents is 1. The Hall–Kier alpha value is -0.980. The zero-order valence-corrected chi connectivity index (χ0v) is 10.7. The molecule has 0 saturated heterocycles. The molecule has 1 aromatic carbocycles. The molecule has 0 saturated carbocycles. The van der Waals surface area contributed by atoms with E-state index in [1.54, 1.807) is 12.1 Å². The minimum absolute atomic E-state index is 0.363. The van der Waals surface area contributed by atoms with Gasteiger partial charge in [0.2, 0.25) is 0 Å². The zero-order chi connectivity index (χ0) is 12.0. The smallest absolute Gasteiger partial charge is 0.115 e. The van der Waals surface area contributed by atoms with Crippen LogP contribution in [0.2, 0.25) is 0 Å². The second-order valence-corrected chi connectivity index (χ2v) is 5.06. The molecule has 0 bridgehead atoms. The highest BCUT2D eigenvalue weighted by atomic mass is 16.3. The largest absolute Gasteiger partial charge is 0.508 e. The quantitative estimate of drug-likeness (QED) is 0.736. The molecule has 1 unspecified atom stereocenters. The summed E-state index contributed by atoms with van der Waals surface area (Å²) in [7, 11) is 0. The Morgan fingerprint density at radius 2 is 1.75 bits per heavy atom. The van der Waals surface area contributed by atoms with Crippen LogP contribution in [-0.2, 0) is 0 Å². The second-order valence-electron chi connectivity index (χ2n) is 5.06. The normalized spacial score (nSPS) is 13.0. The fourth-order valence-electron chi connectivity index (χ4n) is 2.19. The van der Waals surface area contributed by atoms with Crippen molar-refractivity contribution in [2.24, 2.45) is 5.92 Å². The van der Waals surface area contributed by atoms with Gasteiger partial charge in [-0.15, -0.1) is 0 Å². The van der Waals surface area contributed by atoms with E-state index in [-0.39, 0.29) is 0 Å². The molecule has 0 fully saturated rings. The number of hydrogen-bond donors (Lipinski definition) is 1. The van der Waals surface area contributed by atoms with E-state index in [4.69, 9.17) is 0 Å². The van der Waals surface area contributed by atoms with E-state index >= 15 is 0 Å². The van der Waals surface area contributed by atoms with E-state index in [0.29, 0.717) is 11.7 Å². The molecule has 0 spiro atoms. The van der Waals surface area contributed by atoms with Crippen LogP contribution in [0, 0.1) is 5.92 Å². The minimum atomic E-state index is 0.363. The maximum Gasteiger partial charge on any atom is 0.115 e. The van der Waals surface area contributed by atoms with Gasteiger partial charge in [0.05, 0.1) is 0 Å². The van der Waals surface area contributed by atoms with Gasteiger partial charge < -0.3 is 5.11 Å². The first-order chi connectivity index (χ1) is 7.63. The average Bonchev–Trinajstić information content (AvgIpc) is 2.25. The van der Waals surface area contributed by atoms with Crippen LogP contribution in [0.5, 0.6) is 5.75 Å².